The smallest absolute Gasteiger partial charge is 0.127 e. The average molecular weight is 261 g/mol. The van der Waals surface area contributed by atoms with Crippen molar-refractivity contribution in [2.45, 2.75) is 0 Å². The summed E-state index contributed by atoms with van der Waals surface area (Å²) in [4.78, 5) is 4.45. The van der Waals surface area contributed by atoms with Crippen molar-refractivity contribution in [3.63, 3.8) is 0 Å². The molecule has 0 aliphatic carbocycles. The molecule has 2 aromatic carbocycles. The van der Waals surface area contributed by atoms with E-state index in [4.69, 9.17) is 4.74 Å². The minimum atomic E-state index is 0.861. The predicted octanol–water partition coefficient (Wildman–Crippen LogP) is 4.42. The van der Waals surface area contributed by atoms with Crippen LogP contribution in [-0.4, -0.2) is 12.1 Å². The van der Waals surface area contributed by atoms with Gasteiger partial charge in [-0.1, -0.05) is 48.5 Å². The Balaban J connectivity index is 2.26. The topological polar surface area (TPSA) is 22.1 Å². The molecule has 0 saturated carbocycles. The molecule has 0 fully saturated rings. The molecule has 0 amide bonds. The summed E-state index contributed by atoms with van der Waals surface area (Å²) in [6.07, 6.45) is 1.81. The molecule has 1 aromatic heterocycles. The first-order valence-corrected chi connectivity index (χ1v) is 6.54. The van der Waals surface area contributed by atoms with Crippen LogP contribution < -0.4 is 4.74 Å². The SMILES string of the molecule is COc1cccc(-c2ccccn2)c1-c1ccccc1. The maximum Gasteiger partial charge on any atom is 0.127 e. The number of rotatable bonds is 3. The van der Waals surface area contributed by atoms with Crippen LogP contribution in [0.3, 0.4) is 0 Å². The highest BCUT2D eigenvalue weighted by Crippen LogP contribution is 2.38. The maximum atomic E-state index is 5.53. The van der Waals surface area contributed by atoms with Gasteiger partial charge in [-0.15, -0.1) is 0 Å². The summed E-state index contributed by atoms with van der Waals surface area (Å²) in [5, 5.41) is 0. The Morgan fingerprint density at radius 2 is 1.60 bits per heavy atom. The zero-order valence-corrected chi connectivity index (χ0v) is 11.3. The number of benzene rings is 2. The lowest BCUT2D eigenvalue weighted by Crippen LogP contribution is -1.92. The molecule has 98 valence electrons. The molecule has 3 rings (SSSR count). The summed E-state index contributed by atoms with van der Waals surface area (Å²) in [5.41, 5.74) is 4.24. The van der Waals surface area contributed by atoms with E-state index < -0.39 is 0 Å². The Morgan fingerprint density at radius 3 is 2.30 bits per heavy atom. The van der Waals surface area contributed by atoms with Gasteiger partial charge in [0.2, 0.25) is 0 Å². The highest BCUT2D eigenvalue weighted by atomic mass is 16.5. The molecule has 2 nitrogen and oxygen atoms in total. The predicted molar refractivity (Wildman–Crippen MR) is 81.7 cm³/mol. The molecule has 20 heavy (non-hydrogen) atoms. The standard InChI is InChI=1S/C18H15NO/c1-20-17-12-7-10-15(16-11-5-6-13-19-16)18(17)14-8-3-2-4-9-14/h2-13H,1H3. The minimum Gasteiger partial charge on any atom is -0.496 e. The van der Waals surface area contributed by atoms with Gasteiger partial charge in [-0.2, -0.15) is 0 Å². The van der Waals surface area contributed by atoms with Gasteiger partial charge in [0.15, 0.2) is 0 Å². The number of hydrogen-bond donors (Lipinski definition) is 0. The molecule has 0 bridgehead atoms. The van der Waals surface area contributed by atoms with E-state index in [9.17, 15) is 0 Å². The minimum absolute atomic E-state index is 0.861. The number of pyridine rings is 1. The molecular formula is C18H15NO. The Bertz CT molecular complexity index is 693. The van der Waals surface area contributed by atoms with Gasteiger partial charge in [-0.25, -0.2) is 0 Å². The number of aromatic nitrogens is 1. The fourth-order valence-corrected chi connectivity index (χ4v) is 2.34. The van der Waals surface area contributed by atoms with E-state index in [0.717, 1.165) is 28.1 Å². The van der Waals surface area contributed by atoms with Gasteiger partial charge in [-0.05, 0) is 23.8 Å². The third-order valence-electron chi connectivity index (χ3n) is 3.25. The van der Waals surface area contributed by atoms with Crippen LogP contribution in [0.2, 0.25) is 0 Å². The van der Waals surface area contributed by atoms with E-state index in [0.29, 0.717) is 0 Å². The van der Waals surface area contributed by atoms with Gasteiger partial charge in [0.1, 0.15) is 5.75 Å². The summed E-state index contributed by atoms with van der Waals surface area (Å²) in [6.45, 7) is 0. The van der Waals surface area contributed by atoms with Crippen molar-refractivity contribution in [3.8, 4) is 28.1 Å². The van der Waals surface area contributed by atoms with E-state index in [1.165, 1.54) is 0 Å². The van der Waals surface area contributed by atoms with Crippen LogP contribution in [0.5, 0.6) is 5.75 Å². The van der Waals surface area contributed by atoms with Crippen LogP contribution in [0.25, 0.3) is 22.4 Å². The molecule has 0 unspecified atom stereocenters. The van der Waals surface area contributed by atoms with Gasteiger partial charge in [0.25, 0.3) is 0 Å². The van der Waals surface area contributed by atoms with Gasteiger partial charge < -0.3 is 4.74 Å². The highest BCUT2D eigenvalue weighted by molar-refractivity contribution is 5.86. The number of hydrogen-bond acceptors (Lipinski definition) is 2. The monoisotopic (exact) mass is 261 g/mol. The quantitative estimate of drug-likeness (QED) is 0.696. The zero-order valence-electron chi connectivity index (χ0n) is 11.3. The Morgan fingerprint density at radius 1 is 0.800 bits per heavy atom. The van der Waals surface area contributed by atoms with Crippen molar-refractivity contribution in [2.75, 3.05) is 7.11 Å². The van der Waals surface area contributed by atoms with Gasteiger partial charge in [0.05, 0.1) is 12.8 Å². The molecule has 2 heteroatoms. The number of nitrogens with zero attached hydrogens (tertiary/aromatic N) is 1. The molecule has 0 aliphatic rings. The summed E-state index contributed by atoms with van der Waals surface area (Å²) in [7, 11) is 1.70. The molecule has 0 atom stereocenters. The average Bonchev–Trinajstić information content (AvgIpc) is 2.55. The second-order valence-corrected chi connectivity index (χ2v) is 4.46. The van der Waals surface area contributed by atoms with Crippen LogP contribution >= 0.6 is 0 Å². The molecule has 3 aromatic rings. The van der Waals surface area contributed by atoms with Crippen LogP contribution in [0, 0.1) is 0 Å². The molecular weight excluding hydrogens is 246 g/mol. The Kier molecular flexibility index (Phi) is 3.46. The second-order valence-electron chi connectivity index (χ2n) is 4.46. The summed E-state index contributed by atoms with van der Waals surface area (Å²) < 4.78 is 5.53. The van der Waals surface area contributed by atoms with E-state index in [-0.39, 0.29) is 0 Å². The van der Waals surface area contributed by atoms with Crippen molar-refractivity contribution in [1.82, 2.24) is 4.98 Å². The number of ether oxygens (including phenoxy) is 1. The lowest BCUT2D eigenvalue weighted by atomic mass is 9.96. The third-order valence-corrected chi connectivity index (χ3v) is 3.25. The van der Waals surface area contributed by atoms with E-state index in [2.05, 4.69) is 23.2 Å². The van der Waals surface area contributed by atoms with Gasteiger partial charge in [0, 0.05) is 17.3 Å². The van der Waals surface area contributed by atoms with E-state index in [1.54, 1.807) is 7.11 Å². The van der Waals surface area contributed by atoms with Crippen LogP contribution in [-0.2, 0) is 0 Å². The molecule has 0 radical (unpaired) electrons. The fraction of sp³-hybridized carbons (Fsp3) is 0.0556. The number of methoxy groups -OCH3 is 1. The first-order valence-electron chi connectivity index (χ1n) is 6.54. The fourth-order valence-electron chi connectivity index (χ4n) is 2.34. The molecule has 0 N–H and O–H groups in total. The zero-order chi connectivity index (χ0) is 13.8. The van der Waals surface area contributed by atoms with E-state index >= 15 is 0 Å². The molecule has 0 aliphatic heterocycles. The first kappa shape index (κ1) is 12.4. The van der Waals surface area contributed by atoms with E-state index in [1.807, 2.05) is 54.7 Å². The summed E-state index contributed by atoms with van der Waals surface area (Å²) >= 11 is 0. The van der Waals surface area contributed by atoms with Crippen molar-refractivity contribution >= 4 is 0 Å². The first-order chi connectivity index (χ1) is 9.90. The Hall–Kier alpha value is -2.61. The van der Waals surface area contributed by atoms with Crippen LogP contribution in [0.1, 0.15) is 0 Å². The lowest BCUT2D eigenvalue weighted by Gasteiger charge is -2.13. The molecule has 1 heterocycles. The molecule has 0 saturated heterocycles. The van der Waals surface area contributed by atoms with Crippen LogP contribution in [0.4, 0.5) is 0 Å². The van der Waals surface area contributed by atoms with Crippen molar-refractivity contribution < 1.29 is 4.74 Å². The van der Waals surface area contributed by atoms with Crippen LogP contribution in [0.15, 0.2) is 72.9 Å². The van der Waals surface area contributed by atoms with Gasteiger partial charge in [-0.3, -0.25) is 4.98 Å². The lowest BCUT2D eigenvalue weighted by molar-refractivity contribution is 0.416. The molecule has 0 spiro atoms. The van der Waals surface area contributed by atoms with Gasteiger partial charge >= 0.3 is 0 Å². The maximum absolute atomic E-state index is 5.53. The van der Waals surface area contributed by atoms with Crippen molar-refractivity contribution in [3.05, 3.63) is 72.9 Å². The summed E-state index contributed by atoms with van der Waals surface area (Å²) in [5.74, 6) is 0.861. The van der Waals surface area contributed by atoms with Crippen molar-refractivity contribution in [2.24, 2.45) is 0 Å². The second kappa shape index (κ2) is 5.57. The van der Waals surface area contributed by atoms with Crippen molar-refractivity contribution in [1.29, 1.82) is 0 Å². The normalized spacial score (nSPS) is 10.2. The summed E-state index contributed by atoms with van der Waals surface area (Å²) in [6, 6.07) is 22.2. The highest BCUT2D eigenvalue weighted by Gasteiger charge is 2.13. The third kappa shape index (κ3) is 2.28. The largest absolute Gasteiger partial charge is 0.496 e. The Labute approximate surface area is 118 Å².